The average molecular weight is 230 g/mol. The minimum absolute atomic E-state index is 0.241. The molecule has 1 aromatic rings. The number of fused-ring (bicyclic) bond motifs is 1. The van der Waals surface area contributed by atoms with Crippen LogP contribution in [0, 0.1) is 0 Å². The maximum absolute atomic E-state index is 6.26. The van der Waals surface area contributed by atoms with E-state index < -0.39 is 0 Å². The summed E-state index contributed by atoms with van der Waals surface area (Å²) in [5.41, 5.74) is 9.11. The van der Waals surface area contributed by atoms with E-state index in [1.807, 2.05) is 0 Å². The second kappa shape index (κ2) is 4.43. The molecule has 2 nitrogen and oxygen atoms in total. The summed E-state index contributed by atoms with van der Waals surface area (Å²) in [6.45, 7) is 3.61. The van der Waals surface area contributed by atoms with Gasteiger partial charge in [-0.3, -0.25) is 4.90 Å². The molecule has 1 fully saturated rings. The summed E-state index contributed by atoms with van der Waals surface area (Å²) in [6, 6.07) is 10.3. The van der Waals surface area contributed by atoms with Gasteiger partial charge in [-0.2, -0.15) is 0 Å². The molecule has 2 N–H and O–H groups in total. The molecule has 1 aliphatic carbocycles. The van der Waals surface area contributed by atoms with Gasteiger partial charge in [0.2, 0.25) is 0 Å². The Morgan fingerprint density at radius 1 is 1.18 bits per heavy atom. The molecule has 2 aliphatic rings. The minimum Gasteiger partial charge on any atom is -0.324 e. The smallest absolute Gasteiger partial charge is 0.0372 e. The van der Waals surface area contributed by atoms with E-state index in [2.05, 4.69) is 36.1 Å². The summed E-state index contributed by atoms with van der Waals surface area (Å²) < 4.78 is 0. The maximum atomic E-state index is 6.26. The van der Waals surface area contributed by atoms with Crippen LogP contribution in [0.5, 0.6) is 0 Å². The number of nitrogens with two attached hydrogens (primary N) is 1. The van der Waals surface area contributed by atoms with Gasteiger partial charge in [-0.15, -0.1) is 0 Å². The van der Waals surface area contributed by atoms with Crippen LogP contribution in [0.4, 0.5) is 0 Å². The molecule has 3 unspecified atom stereocenters. The third kappa shape index (κ3) is 1.90. The Morgan fingerprint density at radius 2 is 1.94 bits per heavy atom. The van der Waals surface area contributed by atoms with Gasteiger partial charge in [0.05, 0.1) is 0 Å². The van der Waals surface area contributed by atoms with E-state index in [0.29, 0.717) is 12.1 Å². The van der Waals surface area contributed by atoms with Gasteiger partial charge >= 0.3 is 0 Å². The second-order valence-electron chi connectivity index (χ2n) is 5.57. The molecule has 2 heteroatoms. The third-order valence-corrected chi connectivity index (χ3v) is 4.49. The van der Waals surface area contributed by atoms with Crippen LogP contribution in [0.25, 0.3) is 0 Å². The molecular formula is C15H22N2. The standard InChI is InChI=1S/C15H22N2/c1-11-6-4-5-9-17(11)15-10-14(16)12-7-2-3-8-13(12)15/h2-3,7-8,11,14-15H,4-6,9-10,16H2,1H3. The fourth-order valence-corrected chi connectivity index (χ4v) is 3.54. The monoisotopic (exact) mass is 230 g/mol. The maximum Gasteiger partial charge on any atom is 0.0372 e. The molecule has 3 rings (SSSR count). The molecule has 92 valence electrons. The van der Waals surface area contributed by atoms with Crippen LogP contribution >= 0.6 is 0 Å². The van der Waals surface area contributed by atoms with E-state index in [1.54, 1.807) is 0 Å². The molecule has 1 aromatic carbocycles. The third-order valence-electron chi connectivity index (χ3n) is 4.49. The fourth-order valence-electron chi connectivity index (χ4n) is 3.54. The molecule has 1 heterocycles. The molecule has 0 bridgehead atoms. The molecule has 0 radical (unpaired) electrons. The molecule has 0 saturated carbocycles. The molecule has 0 amide bonds. The predicted molar refractivity (Wildman–Crippen MR) is 70.7 cm³/mol. The van der Waals surface area contributed by atoms with Crippen molar-refractivity contribution < 1.29 is 0 Å². The lowest BCUT2D eigenvalue weighted by molar-refractivity contribution is 0.102. The molecule has 1 aliphatic heterocycles. The van der Waals surface area contributed by atoms with Crippen LogP contribution < -0.4 is 5.73 Å². The van der Waals surface area contributed by atoms with Crippen molar-refractivity contribution in [2.75, 3.05) is 6.54 Å². The average Bonchev–Trinajstić information content (AvgIpc) is 2.68. The summed E-state index contributed by atoms with van der Waals surface area (Å²) >= 11 is 0. The predicted octanol–water partition coefficient (Wildman–Crippen LogP) is 3.01. The lowest BCUT2D eigenvalue weighted by Crippen LogP contribution is -2.39. The number of rotatable bonds is 1. The van der Waals surface area contributed by atoms with Crippen LogP contribution in [0.3, 0.4) is 0 Å². The zero-order valence-corrected chi connectivity index (χ0v) is 10.6. The van der Waals surface area contributed by atoms with Gasteiger partial charge in [0, 0.05) is 18.1 Å². The fraction of sp³-hybridized carbons (Fsp3) is 0.600. The van der Waals surface area contributed by atoms with Crippen LogP contribution in [0.15, 0.2) is 24.3 Å². The topological polar surface area (TPSA) is 29.3 Å². The van der Waals surface area contributed by atoms with Crippen molar-refractivity contribution in [2.45, 2.75) is 50.7 Å². The van der Waals surface area contributed by atoms with Crippen molar-refractivity contribution in [2.24, 2.45) is 5.73 Å². The van der Waals surface area contributed by atoms with Crippen LogP contribution in [0.1, 0.15) is 55.8 Å². The number of piperidine rings is 1. The highest BCUT2D eigenvalue weighted by Crippen LogP contribution is 2.42. The Bertz CT molecular complexity index is 402. The van der Waals surface area contributed by atoms with E-state index in [4.69, 9.17) is 5.73 Å². The van der Waals surface area contributed by atoms with Crippen molar-refractivity contribution in [3.8, 4) is 0 Å². The Morgan fingerprint density at radius 3 is 2.71 bits per heavy atom. The number of likely N-dealkylation sites (tertiary alicyclic amines) is 1. The van der Waals surface area contributed by atoms with Gasteiger partial charge < -0.3 is 5.73 Å². The van der Waals surface area contributed by atoms with Gasteiger partial charge in [0.1, 0.15) is 0 Å². The molecule has 1 saturated heterocycles. The first kappa shape index (κ1) is 11.2. The SMILES string of the molecule is CC1CCCCN1C1CC(N)c2ccccc21. The normalized spacial score (nSPS) is 33.6. The molecular weight excluding hydrogens is 208 g/mol. The van der Waals surface area contributed by atoms with Gasteiger partial charge in [0.15, 0.2) is 0 Å². The summed E-state index contributed by atoms with van der Waals surface area (Å²) in [5.74, 6) is 0. The van der Waals surface area contributed by atoms with Crippen molar-refractivity contribution in [1.29, 1.82) is 0 Å². The van der Waals surface area contributed by atoms with Crippen LogP contribution in [-0.4, -0.2) is 17.5 Å². The summed E-state index contributed by atoms with van der Waals surface area (Å²) in [7, 11) is 0. The lowest BCUT2D eigenvalue weighted by atomic mass is 9.98. The Kier molecular flexibility index (Phi) is 2.93. The minimum atomic E-state index is 0.241. The van der Waals surface area contributed by atoms with Gasteiger partial charge in [-0.1, -0.05) is 30.7 Å². The highest BCUT2D eigenvalue weighted by atomic mass is 15.2. The lowest BCUT2D eigenvalue weighted by Gasteiger charge is -2.38. The van der Waals surface area contributed by atoms with E-state index in [-0.39, 0.29) is 6.04 Å². The Balaban J connectivity index is 1.90. The quantitative estimate of drug-likeness (QED) is 0.803. The van der Waals surface area contributed by atoms with E-state index in [1.165, 1.54) is 36.9 Å². The second-order valence-corrected chi connectivity index (χ2v) is 5.57. The Labute approximate surface area is 104 Å². The molecule has 3 atom stereocenters. The van der Waals surface area contributed by atoms with Crippen LogP contribution in [-0.2, 0) is 0 Å². The highest BCUT2D eigenvalue weighted by Gasteiger charge is 2.35. The van der Waals surface area contributed by atoms with E-state index >= 15 is 0 Å². The zero-order chi connectivity index (χ0) is 11.8. The number of hydrogen-bond donors (Lipinski definition) is 1. The van der Waals surface area contributed by atoms with Gasteiger partial charge in [-0.25, -0.2) is 0 Å². The Hall–Kier alpha value is -0.860. The van der Waals surface area contributed by atoms with Gasteiger partial charge in [-0.05, 0) is 43.9 Å². The van der Waals surface area contributed by atoms with E-state index in [9.17, 15) is 0 Å². The largest absolute Gasteiger partial charge is 0.324 e. The summed E-state index contributed by atoms with van der Waals surface area (Å²) in [4.78, 5) is 2.68. The number of hydrogen-bond acceptors (Lipinski definition) is 2. The van der Waals surface area contributed by atoms with Crippen molar-refractivity contribution in [3.63, 3.8) is 0 Å². The van der Waals surface area contributed by atoms with E-state index in [0.717, 1.165) is 6.42 Å². The van der Waals surface area contributed by atoms with Crippen molar-refractivity contribution >= 4 is 0 Å². The summed E-state index contributed by atoms with van der Waals surface area (Å²) in [5, 5.41) is 0. The molecule has 17 heavy (non-hydrogen) atoms. The number of nitrogens with zero attached hydrogens (tertiary/aromatic N) is 1. The highest BCUT2D eigenvalue weighted by molar-refractivity contribution is 5.37. The summed E-state index contributed by atoms with van der Waals surface area (Å²) in [6.07, 6.45) is 5.17. The van der Waals surface area contributed by atoms with Crippen molar-refractivity contribution in [1.82, 2.24) is 4.90 Å². The van der Waals surface area contributed by atoms with Crippen LogP contribution in [0.2, 0.25) is 0 Å². The van der Waals surface area contributed by atoms with Gasteiger partial charge in [0.25, 0.3) is 0 Å². The number of benzene rings is 1. The zero-order valence-electron chi connectivity index (χ0n) is 10.6. The first-order chi connectivity index (χ1) is 8.27. The molecule has 0 spiro atoms. The first-order valence-electron chi connectivity index (χ1n) is 6.87. The van der Waals surface area contributed by atoms with Crippen molar-refractivity contribution in [3.05, 3.63) is 35.4 Å². The first-order valence-corrected chi connectivity index (χ1v) is 6.87. The molecule has 0 aromatic heterocycles.